The Hall–Kier alpha value is -1.06. The summed E-state index contributed by atoms with van der Waals surface area (Å²) in [5.41, 5.74) is 0.473. The number of Topliss-reactive ketones (excluding diaryl/α,β-unsaturated/α-hetero) is 1. The van der Waals surface area contributed by atoms with Crippen molar-refractivity contribution >= 4 is 17.4 Å². The van der Waals surface area contributed by atoms with Crippen molar-refractivity contribution in [2.24, 2.45) is 0 Å². The van der Waals surface area contributed by atoms with E-state index >= 15 is 0 Å². The number of rotatable bonds is 6. The molecule has 0 aliphatic carbocycles. The van der Waals surface area contributed by atoms with Gasteiger partial charge in [0.25, 0.3) is 0 Å². The molecular formula is C13H17ClO3. The number of benzene rings is 1. The average Bonchev–Trinajstić information content (AvgIpc) is 2.35. The minimum absolute atomic E-state index is 0.0892. The SMILES string of the molecule is CCCC(OC)C(=O)c1cc(Cl)ccc1OC. The van der Waals surface area contributed by atoms with Crippen LogP contribution in [0.25, 0.3) is 0 Å². The molecule has 0 aromatic heterocycles. The molecule has 94 valence electrons. The highest BCUT2D eigenvalue weighted by Crippen LogP contribution is 2.25. The van der Waals surface area contributed by atoms with Crippen molar-refractivity contribution in [3.63, 3.8) is 0 Å². The predicted molar refractivity (Wildman–Crippen MR) is 68.0 cm³/mol. The molecule has 0 fully saturated rings. The first-order valence-electron chi connectivity index (χ1n) is 5.54. The maximum absolute atomic E-state index is 12.2. The molecule has 0 radical (unpaired) electrons. The Balaban J connectivity index is 3.04. The number of carbonyl (C=O) groups excluding carboxylic acids is 1. The maximum atomic E-state index is 12.2. The van der Waals surface area contributed by atoms with Crippen LogP contribution in [0.5, 0.6) is 5.75 Å². The van der Waals surface area contributed by atoms with E-state index in [9.17, 15) is 4.79 Å². The van der Waals surface area contributed by atoms with E-state index in [0.29, 0.717) is 22.8 Å². The van der Waals surface area contributed by atoms with E-state index in [-0.39, 0.29) is 5.78 Å². The van der Waals surface area contributed by atoms with Crippen LogP contribution in [0.15, 0.2) is 18.2 Å². The van der Waals surface area contributed by atoms with Crippen LogP contribution in [-0.4, -0.2) is 26.1 Å². The third-order valence-electron chi connectivity index (χ3n) is 2.55. The van der Waals surface area contributed by atoms with Gasteiger partial charge in [0.2, 0.25) is 0 Å². The average molecular weight is 257 g/mol. The lowest BCUT2D eigenvalue weighted by Crippen LogP contribution is -2.23. The second-order valence-corrected chi connectivity index (χ2v) is 4.16. The molecule has 0 saturated heterocycles. The van der Waals surface area contributed by atoms with Gasteiger partial charge in [-0.2, -0.15) is 0 Å². The van der Waals surface area contributed by atoms with Gasteiger partial charge in [-0.1, -0.05) is 24.9 Å². The number of ketones is 1. The van der Waals surface area contributed by atoms with E-state index < -0.39 is 6.10 Å². The van der Waals surface area contributed by atoms with Crippen molar-refractivity contribution in [1.29, 1.82) is 0 Å². The Morgan fingerprint density at radius 1 is 1.41 bits per heavy atom. The second kappa shape index (κ2) is 6.62. The summed E-state index contributed by atoms with van der Waals surface area (Å²) >= 11 is 5.89. The van der Waals surface area contributed by atoms with Gasteiger partial charge in [-0.15, -0.1) is 0 Å². The molecule has 1 rings (SSSR count). The van der Waals surface area contributed by atoms with Crippen LogP contribution in [0.3, 0.4) is 0 Å². The molecule has 0 spiro atoms. The van der Waals surface area contributed by atoms with Gasteiger partial charge in [0, 0.05) is 12.1 Å². The summed E-state index contributed by atoms with van der Waals surface area (Å²) in [6.07, 6.45) is 1.13. The van der Waals surface area contributed by atoms with E-state index in [2.05, 4.69) is 0 Å². The third-order valence-corrected chi connectivity index (χ3v) is 2.79. The number of methoxy groups -OCH3 is 2. The molecule has 0 N–H and O–H groups in total. The Kier molecular flexibility index (Phi) is 5.45. The summed E-state index contributed by atoms with van der Waals surface area (Å²) in [5, 5.41) is 0.514. The van der Waals surface area contributed by atoms with E-state index in [4.69, 9.17) is 21.1 Å². The van der Waals surface area contributed by atoms with Gasteiger partial charge in [0.15, 0.2) is 5.78 Å². The first kappa shape index (κ1) is 14.0. The van der Waals surface area contributed by atoms with Crippen LogP contribution in [0, 0.1) is 0 Å². The smallest absolute Gasteiger partial charge is 0.195 e. The van der Waals surface area contributed by atoms with E-state index in [1.54, 1.807) is 18.2 Å². The molecule has 0 aliphatic rings. The largest absolute Gasteiger partial charge is 0.496 e. The van der Waals surface area contributed by atoms with Gasteiger partial charge in [-0.05, 0) is 24.6 Å². The molecule has 3 nitrogen and oxygen atoms in total. The minimum atomic E-state index is -0.438. The minimum Gasteiger partial charge on any atom is -0.496 e. The topological polar surface area (TPSA) is 35.5 Å². The number of ether oxygens (including phenoxy) is 2. The molecular weight excluding hydrogens is 240 g/mol. The fourth-order valence-electron chi connectivity index (χ4n) is 1.66. The maximum Gasteiger partial charge on any atom is 0.195 e. The van der Waals surface area contributed by atoms with Gasteiger partial charge < -0.3 is 9.47 Å². The van der Waals surface area contributed by atoms with Crippen LogP contribution < -0.4 is 4.74 Å². The molecule has 4 heteroatoms. The first-order valence-corrected chi connectivity index (χ1v) is 5.92. The van der Waals surface area contributed by atoms with Gasteiger partial charge in [-0.25, -0.2) is 0 Å². The van der Waals surface area contributed by atoms with Gasteiger partial charge in [0.1, 0.15) is 11.9 Å². The Morgan fingerprint density at radius 2 is 2.12 bits per heavy atom. The summed E-state index contributed by atoms with van der Waals surface area (Å²) in [4.78, 5) is 12.2. The van der Waals surface area contributed by atoms with Gasteiger partial charge in [0.05, 0.1) is 12.7 Å². The number of hydrogen-bond acceptors (Lipinski definition) is 3. The normalized spacial score (nSPS) is 12.2. The third kappa shape index (κ3) is 3.45. The van der Waals surface area contributed by atoms with Crippen molar-refractivity contribution in [2.75, 3.05) is 14.2 Å². The van der Waals surface area contributed by atoms with Crippen LogP contribution in [0.2, 0.25) is 5.02 Å². The molecule has 1 aromatic rings. The quantitative estimate of drug-likeness (QED) is 0.733. The van der Waals surface area contributed by atoms with E-state index in [0.717, 1.165) is 6.42 Å². The summed E-state index contributed by atoms with van der Waals surface area (Å²) in [6, 6.07) is 5.00. The molecule has 1 atom stereocenters. The summed E-state index contributed by atoms with van der Waals surface area (Å²) in [5.74, 6) is 0.436. The van der Waals surface area contributed by atoms with E-state index in [1.165, 1.54) is 14.2 Å². The lowest BCUT2D eigenvalue weighted by molar-refractivity contribution is 0.0576. The Morgan fingerprint density at radius 3 is 2.65 bits per heavy atom. The van der Waals surface area contributed by atoms with Gasteiger partial charge >= 0.3 is 0 Å². The van der Waals surface area contributed by atoms with Crippen LogP contribution in [0.1, 0.15) is 30.1 Å². The molecule has 0 saturated carbocycles. The Bertz CT molecular complexity index is 390. The molecule has 0 bridgehead atoms. The van der Waals surface area contributed by atoms with Crippen molar-refractivity contribution in [3.8, 4) is 5.75 Å². The van der Waals surface area contributed by atoms with Crippen molar-refractivity contribution in [1.82, 2.24) is 0 Å². The fourth-order valence-corrected chi connectivity index (χ4v) is 1.84. The molecule has 0 heterocycles. The van der Waals surface area contributed by atoms with Crippen LogP contribution in [0.4, 0.5) is 0 Å². The first-order chi connectivity index (χ1) is 8.13. The molecule has 1 unspecified atom stereocenters. The Labute approximate surface area is 107 Å². The molecule has 17 heavy (non-hydrogen) atoms. The zero-order chi connectivity index (χ0) is 12.8. The van der Waals surface area contributed by atoms with Crippen LogP contribution >= 0.6 is 11.6 Å². The molecule has 1 aromatic carbocycles. The second-order valence-electron chi connectivity index (χ2n) is 3.72. The number of halogens is 1. The predicted octanol–water partition coefficient (Wildman–Crippen LogP) is 3.35. The zero-order valence-electron chi connectivity index (χ0n) is 10.3. The lowest BCUT2D eigenvalue weighted by atomic mass is 10.0. The molecule has 0 aliphatic heterocycles. The zero-order valence-corrected chi connectivity index (χ0v) is 11.1. The van der Waals surface area contributed by atoms with Crippen molar-refractivity contribution in [2.45, 2.75) is 25.9 Å². The highest BCUT2D eigenvalue weighted by molar-refractivity contribution is 6.31. The fraction of sp³-hybridized carbons (Fsp3) is 0.462. The number of carbonyl (C=O) groups is 1. The highest BCUT2D eigenvalue weighted by atomic mass is 35.5. The van der Waals surface area contributed by atoms with Crippen molar-refractivity contribution < 1.29 is 14.3 Å². The molecule has 0 amide bonds. The highest BCUT2D eigenvalue weighted by Gasteiger charge is 2.22. The summed E-state index contributed by atoms with van der Waals surface area (Å²) < 4.78 is 10.4. The summed E-state index contributed by atoms with van der Waals surface area (Å²) in [6.45, 7) is 2.01. The lowest BCUT2D eigenvalue weighted by Gasteiger charge is -2.15. The monoisotopic (exact) mass is 256 g/mol. The summed E-state index contributed by atoms with van der Waals surface area (Å²) in [7, 11) is 3.07. The van der Waals surface area contributed by atoms with Crippen LogP contribution in [-0.2, 0) is 4.74 Å². The van der Waals surface area contributed by atoms with Crippen molar-refractivity contribution in [3.05, 3.63) is 28.8 Å². The van der Waals surface area contributed by atoms with Gasteiger partial charge in [-0.3, -0.25) is 4.79 Å². The van der Waals surface area contributed by atoms with E-state index in [1.807, 2.05) is 6.92 Å². The standard InChI is InChI=1S/C13H17ClO3/c1-4-5-12(17-3)13(15)10-8-9(14)6-7-11(10)16-2/h6-8,12H,4-5H2,1-3H3. The number of hydrogen-bond donors (Lipinski definition) is 0.